The summed E-state index contributed by atoms with van der Waals surface area (Å²) in [6.45, 7) is 0. The lowest BCUT2D eigenvalue weighted by Gasteiger charge is -2.29. The van der Waals surface area contributed by atoms with Crippen LogP contribution >= 0.6 is 0 Å². The van der Waals surface area contributed by atoms with Crippen molar-refractivity contribution in [2.75, 3.05) is 0 Å². The van der Waals surface area contributed by atoms with E-state index < -0.39 is 11.6 Å². The molecule has 5 rings (SSSR count). The maximum absolute atomic E-state index is 13.3. The maximum atomic E-state index is 13.3. The molecule has 0 amide bonds. The molecular formula is C23H19N3O3. The molecule has 0 N–H and O–H groups in total. The first kappa shape index (κ1) is 17.6. The predicted molar refractivity (Wildman–Crippen MR) is 110 cm³/mol. The summed E-state index contributed by atoms with van der Waals surface area (Å²) in [6.07, 6.45) is 0.519. The fraction of sp³-hybridized carbons (Fsp3) is 0.217. The van der Waals surface area contributed by atoms with Crippen molar-refractivity contribution in [3.05, 3.63) is 97.7 Å². The minimum absolute atomic E-state index is 0.0122. The third kappa shape index (κ3) is 2.42. The van der Waals surface area contributed by atoms with Crippen LogP contribution in [0.3, 0.4) is 0 Å². The Balaban J connectivity index is 1.82. The van der Waals surface area contributed by atoms with Crippen LogP contribution in [0.2, 0.25) is 0 Å². The van der Waals surface area contributed by atoms with Crippen LogP contribution in [0, 0.1) is 5.92 Å². The molecule has 2 heterocycles. The molecule has 0 saturated heterocycles. The van der Waals surface area contributed by atoms with Crippen LogP contribution in [0.4, 0.5) is 5.82 Å². The molecule has 2 aromatic carbocycles. The standard InChI is InChI=1S/C23H19N3O3/c1-25-21-18(22(28)26(2)23(25)29)16(12-13-8-4-3-5-9-13)17-19(24-21)14-10-6-7-11-15(14)20(17)27/h3-11,16-17H,12H2,1-2H3. The van der Waals surface area contributed by atoms with Gasteiger partial charge in [-0.3, -0.25) is 18.7 Å². The average Bonchev–Trinajstić information content (AvgIpc) is 3.03. The monoisotopic (exact) mass is 385 g/mol. The molecule has 0 saturated carbocycles. The molecule has 2 aliphatic rings. The second-order valence-electron chi connectivity index (χ2n) is 7.62. The summed E-state index contributed by atoms with van der Waals surface area (Å²) in [5.74, 6) is -0.563. The highest BCUT2D eigenvalue weighted by Crippen LogP contribution is 2.44. The number of hydrogen-bond acceptors (Lipinski definition) is 4. The molecule has 2 unspecified atom stereocenters. The Hall–Kier alpha value is -3.54. The van der Waals surface area contributed by atoms with E-state index in [2.05, 4.69) is 0 Å². The number of fused-ring (bicyclic) bond motifs is 4. The highest BCUT2D eigenvalue weighted by atomic mass is 16.2. The number of nitrogens with zero attached hydrogens (tertiary/aromatic N) is 3. The Bertz CT molecular complexity index is 1320. The Morgan fingerprint density at radius 1 is 0.862 bits per heavy atom. The van der Waals surface area contributed by atoms with E-state index in [0.29, 0.717) is 29.1 Å². The van der Waals surface area contributed by atoms with Crippen LogP contribution in [0.15, 0.2) is 69.2 Å². The van der Waals surface area contributed by atoms with Gasteiger partial charge in [-0.15, -0.1) is 0 Å². The first-order chi connectivity index (χ1) is 14.0. The van der Waals surface area contributed by atoms with Crippen LogP contribution in [0.25, 0.3) is 0 Å². The molecule has 0 fully saturated rings. The van der Waals surface area contributed by atoms with Crippen LogP contribution < -0.4 is 11.2 Å². The largest absolute Gasteiger partial charge is 0.332 e. The van der Waals surface area contributed by atoms with E-state index in [9.17, 15) is 14.4 Å². The lowest BCUT2D eigenvalue weighted by atomic mass is 9.77. The van der Waals surface area contributed by atoms with Gasteiger partial charge in [-0.2, -0.15) is 0 Å². The van der Waals surface area contributed by atoms with Gasteiger partial charge < -0.3 is 0 Å². The fourth-order valence-electron chi connectivity index (χ4n) is 4.57. The van der Waals surface area contributed by atoms with Gasteiger partial charge in [0.15, 0.2) is 5.78 Å². The zero-order valence-electron chi connectivity index (χ0n) is 16.1. The molecule has 1 aliphatic heterocycles. The molecule has 0 bridgehead atoms. The van der Waals surface area contributed by atoms with E-state index in [-0.39, 0.29) is 17.3 Å². The molecule has 3 aromatic rings. The highest BCUT2D eigenvalue weighted by molar-refractivity contribution is 6.29. The van der Waals surface area contributed by atoms with E-state index in [4.69, 9.17) is 4.99 Å². The second kappa shape index (κ2) is 6.24. The molecule has 2 atom stereocenters. The minimum atomic E-state index is -0.523. The van der Waals surface area contributed by atoms with Crippen molar-refractivity contribution in [3.8, 4) is 0 Å². The van der Waals surface area contributed by atoms with Gasteiger partial charge in [0, 0.05) is 31.1 Å². The summed E-state index contributed by atoms with van der Waals surface area (Å²) in [5.41, 5.74) is 2.74. The molecule has 6 heteroatoms. The van der Waals surface area contributed by atoms with Crippen molar-refractivity contribution in [1.82, 2.24) is 9.13 Å². The van der Waals surface area contributed by atoms with Crippen molar-refractivity contribution in [2.45, 2.75) is 12.3 Å². The number of aliphatic imine (C=N–C) groups is 1. The second-order valence-corrected chi connectivity index (χ2v) is 7.62. The first-order valence-electron chi connectivity index (χ1n) is 9.55. The fourth-order valence-corrected chi connectivity index (χ4v) is 4.57. The molecule has 0 spiro atoms. The van der Waals surface area contributed by atoms with Crippen LogP contribution in [0.1, 0.15) is 33.0 Å². The lowest BCUT2D eigenvalue weighted by molar-refractivity contribution is 0.0947. The maximum Gasteiger partial charge on any atom is 0.332 e. The first-order valence-corrected chi connectivity index (χ1v) is 9.55. The van der Waals surface area contributed by atoms with Crippen LogP contribution in [0.5, 0.6) is 0 Å². The number of benzene rings is 2. The smallest absolute Gasteiger partial charge is 0.293 e. The molecule has 6 nitrogen and oxygen atoms in total. The van der Waals surface area contributed by atoms with Crippen LogP contribution in [-0.4, -0.2) is 20.6 Å². The van der Waals surface area contributed by atoms with Gasteiger partial charge in [0.25, 0.3) is 5.56 Å². The van der Waals surface area contributed by atoms with Crippen molar-refractivity contribution in [1.29, 1.82) is 0 Å². The molecular weight excluding hydrogens is 366 g/mol. The Labute approximate surface area is 166 Å². The van der Waals surface area contributed by atoms with Gasteiger partial charge in [0.2, 0.25) is 0 Å². The molecule has 29 heavy (non-hydrogen) atoms. The van der Waals surface area contributed by atoms with Crippen molar-refractivity contribution in [3.63, 3.8) is 0 Å². The lowest BCUT2D eigenvalue weighted by Crippen LogP contribution is -2.43. The molecule has 0 radical (unpaired) electrons. The third-order valence-electron chi connectivity index (χ3n) is 6.01. The van der Waals surface area contributed by atoms with E-state index >= 15 is 0 Å². The number of hydrogen-bond donors (Lipinski definition) is 0. The predicted octanol–water partition coefficient (Wildman–Crippen LogP) is 2.36. The Morgan fingerprint density at radius 3 is 2.24 bits per heavy atom. The summed E-state index contributed by atoms with van der Waals surface area (Å²) in [4.78, 5) is 43.7. The third-order valence-corrected chi connectivity index (χ3v) is 6.01. The Kier molecular flexibility index (Phi) is 3.77. The number of rotatable bonds is 2. The quantitative estimate of drug-likeness (QED) is 0.680. The number of Topliss-reactive ketones (excluding diaryl/α,β-unsaturated/α-hetero) is 1. The Morgan fingerprint density at radius 2 is 1.52 bits per heavy atom. The van der Waals surface area contributed by atoms with E-state index in [1.54, 1.807) is 13.1 Å². The number of aromatic nitrogens is 2. The summed E-state index contributed by atoms with van der Waals surface area (Å²) >= 11 is 0. The summed E-state index contributed by atoms with van der Waals surface area (Å²) in [5, 5.41) is 0. The van der Waals surface area contributed by atoms with Crippen molar-refractivity contribution < 1.29 is 4.79 Å². The van der Waals surface area contributed by atoms with Crippen LogP contribution in [-0.2, 0) is 20.5 Å². The molecule has 1 aliphatic carbocycles. The van der Waals surface area contributed by atoms with Gasteiger partial charge in [0.05, 0.1) is 17.2 Å². The highest BCUT2D eigenvalue weighted by Gasteiger charge is 2.46. The van der Waals surface area contributed by atoms with E-state index in [1.165, 1.54) is 11.6 Å². The van der Waals surface area contributed by atoms with Gasteiger partial charge in [-0.1, -0.05) is 54.6 Å². The minimum Gasteiger partial charge on any atom is -0.293 e. The van der Waals surface area contributed by atoms with Gasteiger partial charge in [-0.05, 0) is 12.0 Å². The number of carbonyl (C=O) groups excluding carboxylic acids is 1. The average molecular weight is 385 g/mol. The number of carbonyl (C=O) groups is 1. The molecule has 144 valence electrons. The van der Waals surface area contributed by atoms with E-state index in [0.717, 1.165) is 15.7 Å². The van der Waals surface area contributed by atoms with Crippen molar-refractivity contribution in [2.24, 2.45) is 25.0 Å². The number of ketones is 1. The summed E-state index contributed by atoms with van der Waals surface area (Å²) in [6, 6.07) is 17.2. The van der Waals surface area contributed by atoms with Gasteiger partial charge in [-0.25, -0.2) is 9.79 Å². The van der Waals surface area contributed by atoms with E-state index in [1.807, 2.05) is 48.5 Å². The normalized spacial score (nSPS) is 19.4. The summed E-state index contributed by atoms with van der Waals surface area (Å²) < 4.78 is 2.51. The van der Waals surface area contributed by atoms with Gasteiger partial charge >= 0.3 is 5.69 Å². The zero-order valence-corrected chi connectivity index (χ0v) is 16.1. The van der Waals surface area contributed by atoms with Gasteiger partial charge in [0.1, 0.15) is 5.82 Å². The van der Waals surface area contributed by atoms with Crippen molar-refractivity contribution >= 4 is 17.3 Å². The SMILES string of the molecule is Cn1c2c(c(=O)n(C)c1=O)C(Cc1ccccc1)C1C(=O)c3ccccc3C1=N2. The zero-order chi connectivity index (χ0) is 20.3. The topological polar surface area (TPSA) is 73.4 Å². The molecule has 1 aromatic heterocycles. The summed E-state index contributed by atoms with van der Waals surface area (Å²) in [7, 11) is 3.09.